The van der Waals surface area contributed by atoms with Gasteiger partial charge in [0.2, 0.25) is 5.95 Å². The van der Waals surface area contributed by atoms with Gasteiger partial charge >= 0.3 is 5.76 Å². The molecule has 4 aromatic heterocycles. The molecule has 0 amide bonds. The molecule has 6 N–H and O–H groups in total. The molecule has 2 aliphatic rings. The van der Waals surface area contributed by atoms with Gasteiger partial charge in [0.25, 0.3) is 0 Å². The van der Waals surface area contributed by atoms with E-state index >= 15 is 0 Å². The summed E-state index contributed by atoms with van der Waals surface area (Å²) in [5.74, 6) is 0.172. The molecular formula is C24H22ClN9O2S. The van der Waals surface area contributed by atoms with Gasteiger partial charge in [-0.25, -0.2) is 14.8 Å². The maximum atomic E-state index is 11.5. The highest BCUT2D eigenvalue weighted by Crippen LogP contribution is 2.51. The SMILES string of the molecule is NC1(N)c2cccnc2CC12CCN(c1nc3ncc(Sc4cc(Cl)c5[nH]c(=O)oc5c4)nc3[nH]1)CC2. The monoisotopic (exact) mass is 535 g/mol. The number of aromatic amines is 2. The lowest BCUT2D eigenvalue weighted by atomic mass is 9.69. The van der Waals surface area contributed by atoms with Crippen LogP contribution in [-0.2, 0) is 12.1 Å². The minimum atomic E-state index is -0.902. The number of imidazole rings is 1. The standard InChI is InChI=1S/C24H22ClN9O2S/c25-14-8-12(9-16-18(14)31-22(35)36-16)37-17-11-29-19-20(30-17)33-21(32-19)34-6-3-23(4-7-34)10-15-13(24(23,26)27)2-1-5-28-15/h1-2,5,8-9,11H,3-4,6-7,10,26-27H2,(H,31,35)(H,29,30,32,33). The van der Waals surface area contributed by atoms with Gasteiger partial charge in [0.15, 0.2) is 16.9 Å². The number of nitrogens with one attached hydrogen (secondary N) is 2. The maximum absolute atomic E-state index is 11.5. The second-order valence-electron chi connectivity index (χ2n) is 9.65. The summed E-state index contributed by atoms with van der Waals surface area (Å²) in [6.45, 7) is 1.51. The molecule has 0 radical (unpaired) electrons. The van der Waals surface area contributed by atoms with E-state index in [0.717, 1.165) is 54.5 Å². The zero-order valence-corrected chi connectivity index (χ0v) is 21.1. The third kappa shape index (κ3) is 3.55. The fraction of sp³-hybridized carbons (Fsp3) is 0.292. The van der Waals surface area contributed by atoms with Crippen LogP contribution in [0.3, 0.4) is 0 Å². The summed E-state index contributed by atoms with van der Waals surface area (Å²) in [5, 5.41) is 1.05. The molecule has 1 aliphatic carbocycles. The highest BCUT2D eigenvalue weighted by molar-refractivity contribution is 7.99. The van der Waals surface area contributed by atoms with Crippen LogP contribution >= 0.6 is 23.4 Å². The first-order chi connectivity index (χ1) is 17.8. The quantitative estimate of drug-likeness (QED) is 0.252. The molecular weight excluding hydrogens is 514 g/mol. The molecule has 1 fully saturated rings. The highest BCUT2D eigenvalue weighted by Gasteiger charge is 2.55. The Morgan fingerprint density at radius 2 is 1.97 bits per heavy atom. The van der Waals surface area contributed by atoms with Crippen molar-refractivity contribution in [1.82, 2.24) is 29.9 Å². The van der Waals surface area contributed by atoms with Gasteiger partial charge in [0.1, 0.15) is 10.5 Å². The number of aromatic nitrogens is 6. The van der Waals surface area contributed by atoms with E-state index in [1.807, 2.05) is 12.1 Å². The van der Waals surface area contributed by atoms with Crippen molar-refractivity contribution in [3.63, 3.8) is 0 Å². The van der Waals surface area contributed by atoms with E-state index in [2.05, 4.69) is 34.8 Å². The second kappa shape index (κ2) is 8.02. The van der Waals surface area contributed by atoms with Crippen molar-refractivity contribution in [2.75, 3.05) is 18.0 Å². The molecule has 5 aromatic rings. The third-order valence-electron chi connectivity index (χ3n) is 7.59. The predicted octanol–water partition coefficient (Wildman–Crippen LogP) is 2.90. The van der Waals surface area contributed by atoms with Gasteiger partial charge < -0.3 is 25.8 Å². The first kappa shape index (κ1) is 22.7. The van der Waals surface area contributed by atoms with E-state index in [-0.39, 0.29) is 5.41 Å². The van der Waals surface area contributed by atoms with Gasteiger partial charge in [-0.1, -0.05) is 29.4 Å². The average Bonchev–Trinajstić information content (AvgIpc) is 3.52. The Bertz CT molecular complexity index is 1740. The van der Waals surface area contributed by atoms with Crippen molar-refractivity contribution in [3.05, 3.63) is 63.5 Å². The number of hydrogen-bond donors (Lipinski definition) is 4. The predicted molar refractivity (Wildman–Crippen MR) is 140 cm³/mol. The number of oxazole rings is 1. The molecule has 13 heteroatoms. The minimum absolute atomic E-state index is 0.229. The van der Waals surface area contributed by atoms with Crippen LogP contribution in [0.15, 0.2) is 55.8 Å². The van der Waals surface area contributed by atoms with E-state index < -0.39 is 11.4 Å². The van der Waals surface area contributed by atoms with Crippen LogP contribution in [0.25, 0.3) is 22.4 Å². The molecule has 1 saturated heterocycles. The van der Waals surface area contributed by atoms with E-state index in [0.29, 0.717) is 32.4 Å². The zero-order valence-electron chi connectivity index (χ0n) is 19.5. The van der Waals surface area contributed by atoms with Crippen molar-refractivity contribution in [2.45, 2.75) is 34.8 Å². The number of fused-ring (bicyclic) bond motifs is 3. The molecule has 0 unspecified atom stereocenters. The van der Waals surface area contributed by atoms with Gasteiger partial charge in [-0.05, 0) is 37.5 Å². The van der Waals surface area contributed by atoms with Crippen molar-refractivity contribution in [2.24, 2.45) is 16.9 Å². The lowest BCUT2D eigenvalue weighted by Gasteiger charge is -2.46. The lowest BCUT2D eigenvalue weighted by Crippen LogP contribution is -2.60. The minimum Gasteiger partial charge on any atom is -0.408 e. The van der Waals surface area contributed by atoms with Crippen molar-refractivity contribution < 1.29 is 4.42 Å². The Morgan fingerprint density at radius 3 is 2.78 bits per heavy atom. The summed E-state index contributed by atoms with van der Waals surface area (Å²) >= 11 is 7.66. The van der Waals surface area contributed by atoms with Crippen LogP contribution in [0.2, 0.25) is 5.02 Å². The lowest BCUT2D eigenvalue weighted by molar-refractivity contribution is 0.105. The first-order valence-corrected chi connectivity index (χ1v) is 13.0. The van der Waals surface area contributed by atoms with Crippen LogP contribution in [0.5, 0.6) is 0 Å². The van der Waals surface area contributed by atoms with E-state index in [9.17, 15) is 4.79 Å². The Balaban J connectivity index is 1.11. The molecule has 1 aromatic carbocycles. The first-order valence-electron chi connectivity index (χ1n) is 11.8. The summed E-state index contributed by atoms with van der Waals surface area (Å²) in [7, 11) is 0. The highest BCUT2D eigenvalue weighted by atomic mass is 35.5. The summed E-state index contributed by atoms with van der Waals surface area (Å²) in [5.41, 5.74) is 16.2. The number of nitrogens with zero attached hydrogens (tertiary/aromatic N) is 5. The molecule has 0 saturated carbocycles. The number of nitrogens with two attached hydrogens (primary N) is 2. The van der Waals surface area contributed by atoms with Crippen LogP contribution < -0.4 is 22.1 Å². The molecule has 188 valence electrons. The number of pyridine rings is 1. The van der Waals surface area contributed by atoms with E-state index in [1.54, 1.807) is 24.5 Å². The largest absolute Gasteiger partial charge is 0.417 e. The number of benzene rings is 1. The summed E-state index contributed by atoms with van der Waals surface area (Å²) < 4.78 is 5.15. The summed E-state index contributed by atoms with van der Waals surface area (Å²) in [6.07, 6.45) is 5.90. The van der Waals surface area contributed by atoms with E-state index in [1.165, 1.54) is 11.8 Å². The fourth-order valence-corrected chi connectivity index (χ4v) is 6.73. The molecule has 5 heterocycles. The number of rotatable bonds is 3. The van der Waals surface area contributed by atoms with Crippen LogP contribution in [0.1, 0.15) is 24.1 Å². The van der Waals surface area contributed by atoms with Crippen molar-refractivity contribution >= 4 is 51.7 Å². The molecule has 37 heavy (non-hydrogen) atoms. The Labute approximate surface area is 219 Å². The third-order valence-corrected chi connectivity index (χ3v) is 8.77. The van der Waals surface area contributed by atoms with Gasteiger partial charge in [-0.2, -0.15) is 4.98 Å². The van der Waals surface area contributed by atoms with Crippen LogP contribution in [-0.4, -0.2) is 43.0 Å². The fourth-order valence-electron chi connectivity index (χ4n) is 5.58. The van der Waals surface area contributed by atoms with Crippen molar-refractivity contribution in [1.29, 1.82) is 0 Å². The summed E-state index contributed by atoms with van der Waals surface area (Å²) in [4.78, 5) is 38.7. The molecule has 1 spiro atoms. The molecule has 0 atom stereocenters. The molecule has 11 nitrogen and oxygen atoms in total. The Hall–Kier alpha value is -3.45. The number of H-pyrrole nitrogens is 2. The average molecular weight is 536 g/mol. The van der Waals surface area contributed by atoms with Gasteiger partial charge in [0.05, 0.1) is 16.9 Å². The number of piperidine rings is 1. The normalized spacial score (nSPS) is 18.2. The van der Waals surface area contributed by atoms with E-state index in [4.69, 9.17) is 27.5 Å². The Kier molecular flexibility index (Phi) is 4.93. The molecule has 1 aliphatic heterocycles. The molecule has 0 bridgehead atoms. The summed E-state index contributed by atoms with van der Waals surface area (Å²) in [6, 6.07) is 7.38. The Morgan fingerprint density at radius 1 is 1.14 bits per heavy atom. The molecule has 7 rings (SSSR count). The topological polar surface area (TPSA) is 169 Å². The maximum Gasteiger partial charge on any atom is 0.417 e. The number of hydrogen-bond acceptors (Lipinski definition) is 10. The zero-order chi connectivity index (χ0) is 25.4. The van der Waals surface area contributed by atoms with Crippen LogP contribution in [0, 0.1) is 5.41 Å². The second-order valence-corrected chi connectivity index (χ2v) is 11.1. The van der Waals surface area contributed by atoms with Crippen LogP contribution in [0.4, 0.5) is 5.95 Å². The smallest absolute Gasteiger partial charge is 0.408 e. The van der Waals surface area contributed by atoms with Gasteiger partial charge in [-0.15, -0.1) is 0 Å². The van der Waals surface area contributed by atoms with Gasteiger partial charge in [-0.3, -0.25) is 9.97 Å². The van der Waals surface area contributed by atoms with Crippen molar-refractivity contribution in [3.8, 4) is 0 Å². The number of anilines is 1. The van der Waals surface area contributed by atoms with Gasteiger partial charge in [0, 0.05) is 40.9 Å². The number of halogens is 1.